The van der Waals surface area contributed by atoms with Gasteiger partial charge < -0.3 is 15.2 Å². The maximum atomic E-state index is 12.0. The first-order chi connectivity index (χ1) is 9.00. The van der Waals surface area contributed by atoms with E-state index in [4.69, 9.17) is 9.84 Å². The zero-order chi connectivity index (χ0) is 14.0. The van der Waals surface area contributed by atoms with Crippen molar-refractivity contribution in [3.63, 3.8) is 0 Å². The topological polar surface area (TPSA) is 91.8 Å². The minimum atomic E-state index is -1.08. The molecule has 1 aromatic heterocycles. The van der Waals surface area contributed by atoms with Crippen LogP contribution >= 0.6 is 11.5 Å². The summed E-state index contributed by atoms with van der Waals surface area (Å²) in [6.45, 7) is 2.74. The van der Waals surface area contributed by atoms with Crippen molar-refractivity contribution >= 4 is 28.5 Å². The predicted octanol–water partition coefficient (Wildman–Crippen LogP) is 1.08. The number of carbonyl (C=O) groups excluding carboxylic acids is 1. The molecule has 7 nitrogen and oxygen atoms in total. The maximum Gasteiger partial charge on any atom is 0.340 e. The molecule has 2 N–H and O–H groups in total. The number of hydrogen-bond donors (Lipinski definition) is 2. The lowest BCUT2D eigenvalue weighted by Crippen LogP contribution is -2.43. The van der Waals surface area contributed by atoms with Crippen LogP contribution in [0.2, 0.25) is 0 Å². The lowest BCUT2D eigenvalue weighted by atomic mass is 10.2. The Kier molecular flexibility index (Phi) is 4.01. The summed E-state index contributed by atoms with van der Waals surface area (Å²) < 4.78 is 9.16. The van der Waals surface area contributed by atoms with Crippen LogP contribution in [-0.2, 0) is 4.74 Å². The van der Waals surface area contributed by atoms with E-state index in [9.17, 15) is 9.59 Å². The van der Waals surface area contributed by atoms with Gasteiger partial charge in [-0.05, 0) is 24.9 Å². The van der Waals surface area contributed by atoms with Gasteiger partial charge in [0.05, 0.1) is 18.3 Å². The Balaban J connectivity index is 2.12. The van der Waals surface area contributed by atoms with E-state index in [1.807, 2.05) is 0 Å². The fourth-order valence-corrected chi connectivity index (χ4v) is 2.69. The van der Waals surface area contributed by atoms with Crippen molar-refractivity contribution in [3.8, 4) is 0 Å². The quantitative estimate of drug-likeness (QED) is 0.867. The SMILES string of the molecule is Cc1nsc(N(C)C(=O)NC2CCOC2)c1C(=O)O. The first-order valence-corrected chi connectivity index (χ1v) is 6.59. The van der Waals surface area contributed by atoms with Gasteiger partial charge in [0.15, 0.2) is 0 Å². The van der Waals surface area contributed by atoms with Gasteiger partial charge in [-0.3, -0.25) is 4.90 Å². The number of amides is 2. The molecule has 1 aliphatic heterocycles. The van der Waals surface area contributed by atoms with Gasteiger partial charge in [-0.25, -0.2) is 9.59 Å². The van der Waals surface area contributed by atoms with E-state index in [1.54, 1.807) is 6.92 Å². The van der Waals surface area contributed by atoms with Crippen molar-refractivity contribution in [2.24, 2.45) is 0 Å². The summed E-state index contributed by atoms with van der Waals surface area (Å²) in [7, 11) is 1.53. The third-order valence-electron chi connectivity index (χ3n) is 2.93. The second-order valence-electron chi connectivity index (χ2n) is 4.32. The first-order valence-electron chi connectivity index (χ1n) is 5.82. The highest BCUT2D eigenvalue weighted by Gasteiger charge is 2.26. The van der Waals surface area contributed by atoms with Crippen LogP contribution in [0.3, 0.4) is 0 Å². The number of ether oxygens (including phenoxy) is 1. The molecule has 104 valence electrons. The van der Waals surface area contributed by atoms with E-state index in [0.29, 0.717) is 23.9 Å². The molecular formula is C11H15N3O4S. The smallest absolute Gasteiger partial charge is 0.340 e. The summed E-state index contributed by atoms with van der Waals surface area (Å²) in [5.41, 5.74) is 0.488. The van der Waals surface area contributed by atoms with Gasteiger partial charge in [-0.1, -0.05) is 0 Å². The molecule has 2 amide bonds. The standard InChI is InChI=1S/C11H15N3O4S/c1-6-8(10(15)16)9(19-13-6)14(2)11(17)12-7-3-4-18-5-7/h7H,3-5H2,1-2H3,(H,12,17)(H,15,16). The van der Waals surface area contributed by atoms with Gasteiger partial charge in [0.25, 0.3) is 0 Å². The van der Waals surface area contributed by atoms with E-state index in [1.165, 1.54) is 11.9 Å². The van der Waals surface area contributed by atoms with E-state index in [0.717, 1.165) is 18.0 Å². The van der Waals surface area contributed by atoms with Gasteiger partial charge in [0.2, 0.25) is 0 Å². The van der Waals surface area contributed by atoms with Crippen molar-refractivity contribution in [2.45, 2.75) is 19.4 Å². The largest absolute Gasteiger partial charge is 0.478 e. The van der Waals surface area contributed by atoms with Crippen molar-refractivity contribution < 1.29 is 19.4 Å². The highest BCUT2D eigenvalue weighted by molar-refractivity contribution is 7.11. The van der Waals surface area contributed by atoms with Gasteiger partial charge >= 0.3 is 12.0 Å². The van der Waals surface area contributed by atoms with Gasteiger partial charge in [0.1, 0.15) is 10.6 Å². The number of carbonyl (C=O) groups is 2. The molecule has 8 heteroatoms. The number of aromatic nitrogens is 1. The molecule has 19 heavy (non-hydrogen) atoms. The molecule has 1 unspecified atom stereocenters. The zero-order valence-corrected chi connectivity index (χ0v) is 11.5. The molecule has 2 heterocycles. The fraction of sp³-hybridized carbons (Fsp3) is 0.545. The number of nitrogens with one attached hydrogen (secondary N) is 1. The Labute approximate surface area is 114 Å². The number of urea groups is 1. The third-order valence-corrected chi connectivity index (χ3v) is 3.94. The Morgan fingerprint density at radius 1 is 1.58 bits per heavy atom. The van der Waals surface area contributed by atoms with Crippen molar-refractivity contribution in [2.75, 3.05) is 25.2 Å². The number of anilines is 1. The Morgan fingerprint density at radius 3 is 2.89 bits per heavy atom. The van der Waals surface area contributed by atoms with Crippen LogP contribution in [0.25, 0.3) is 0 Å². The molecule has 2 rings (SSSR count). The number of hydrogen-bond acceptors (Lipinski definition) is 5. The second-order valence-corrected chi connectivity index (χ2v) is 5.07. The minimum absolute atomic E-state index is 0.0164. The number of aromatic carboxylic acids is 1. The monoisotopic (exact) mass is 285 g/mol. The summed E-state index contributed by atoms with van der Waals surface area (Å²) in [5.74, 6) is -1.08. The number of nitrogens with zero attached hydrogens (tertiary/aromatic N) is 2. The molecule has 0 radical (unpaired) electrons. The predicted molar refractivity (Wildman–Crippen MR) is 70.0 cm³/mol. The lowest BCUT2D eigenvalue weighted by molar-refractivity contribution is 0.0697. The third kappa shape index (κ3) is 2.85. The van der Waals surface area contributed by atoms with Gasteiger partial charge in [0, 0.05) is 13.7 Å². The highest BCUT2D eigenvalue weighted by atomic mass is 32.1. The minimum Gasteiger partial charge on any atom is -0.478 e. The van der Waals surface area contributed by atoms with Crippen LogP contribution in [-0.4, -0.2) is 47.8 Å². The zero-order valence-electron chi connectivity index (χ0n) is 10.7. The van der Waals surface area contributed by atoms with E-state index in [2.05, 4.69) is 9.69 Å². The number of aryl methyl sites for hydroxylation is 1. The Hall–Kier alpha value is -1.67. The lowest BCUT2D eigenvalue weighted by Gasteiger charge is -2.19. The molecule has 1 aliphatic rings. The summed E-state index contributed by atoms with van der Waals surface area (Å²) >= 11 is 1.00. The molecule has 1 atom stereocenters. The molecular weight excluding hydrogens is 270 g/mol. The summed E-state index contributed by atoms with van der Waals surface area (Å²) in [6.07, 6.45) is 0.771. The van der Waals surface area contributed by atoms with Gasteiger partial charge in [-0.15, -0.1) is 0 Å². The van der Waals surface area contributed by atoms with Crippen LogP contribution in [0.5, 0.6) is 0 Å². The van der Waals surface area contributed by atoms with E-state index < -0.39 is 5.97 Å². The van der Waals surface area contributed by atoms with Crippen molar-refractivity contribution in [3.05, 3.63) is 11.3 Å². The molecule has 0 aromatic carbocycles. The molecule has 0 aliphatic carbocycles. The molecule has 0 saturated carbocycles. The number of carboxylic acids is 1. The van der Waals surface area contributed by atoms with Crippen LogP contribution in [0.15, 0.2) is 0 Å². The fourth-order valence-electron chi connectivity index (χ4n) is 1.84. The van der Waals surface area contributed by atoms with Crippen molar-refractivity contribution in [1.29, 1.82) is 0 Å². The Bertz CT molecular complexity index is 496. The van der Waals surface area contributed by atoms with Gasteiger partial charge in [-0.2, -0.15) is 4.37 Å². The molecule has 1 saturated heterocycles. The summed E-state index contributed by atoms with van der Waals surface area (Å²) in [6, 6.07) is -0.362. The number of rotatable bonds is 3. The molecule has 1 fully saturated rings. The summed E-state index contributed by atoms with van der Waals surface area (Å²) in [4.78, 5) is 24.5. The van der Waals surface area contributed by atoms with E-state index >= 15 is 0 Å². The average molecular weight is 285 g/mol. The number of carboxylic acid groups (broad SMARTS) is 1. The molecule has 0 bridgehead atoms. The van der Waals surface area contributed by atoms with Crippen molar-refractivity contribution in [1.82, 2.24) is 9.69 Å². The van der Waals surface area contributed by atoms with Crippen LogP contribution in [0.4, 0.5) is 9.80 Å². The normalized spacial score (nSPS) is 18.3. The first kappa shape index (κ1) is 13.8. The Morgan fingerprint density at radius 2 is 2.32 bits per heavy atom. The summed E-state index contributed by atoms with van der Waals surface area (Å²) in [5, 5.41) is 12.3. The second kappa shape index (κ2) is 5.54. The maximum absolute atomic E-state index is 12.0. The van der Waals surface area contributed by atoms with Crippen LogP contribution in [0.1, 0.15) is 22.5 Å². The van der Waals surface area contributed by atoms with Crippen LogP contribution in [0, 0.1) is 6.92 Å². The van der Waals surface area contributed by atoms with E-state index in [-0.39, 0.29) is 17.6 Å². The highest BCUT2D eigenvalue weighted by Crippen LogP contribution is 2.27. The molecule has 0 spiro atoms. The molecule has 1 aromatic rings. The average Bonchev–Trinajstić information content (AvgIpc) is 2.97. The van der Waals surface area contributed by atoms with Crippen LogP contribution < -0.4 is 10.2 Å².